The second kappa shape index (κ2) is 6.66. The molecule has 0 radical (unpaired) electrons. The molecule has 0 fully saturated rings. The summed E-state index contributed by atoms with van der Waals surface area (Å²) in [5.41, 5.74) is 5.61. The van der Waals surface area contributed by atoms with Gasteiger partial charge in [-0.15, -0.1) is 11.8 Å². The summed E-state index contributed by atoms with van der Waals surface area (Å²) >= 11 is 8.14. The Balaban J connectivity index is 1.82. The van der Waals surface area contributed by atoms with Gasteiger partial charge in [-0.2, -0.15) is 0 Å². The summed E-state index contributed by atoms with van der Waals surface area (Å²) in [5, 5.41) is 1.71. The molecule has 4 rings (SSSR count). The maximum absolute atomic E-state index is 6.09. The van der Waals surface area contributed by atoms with E-state index in [0.29, 0.717) is 16.4 Å². The summed E-state index contributed by atoms with van der Waals surface area (Å²) in [5.74, 6) is 0.406. The molecule has 0 unspecified atom stereocenters. The lowest BCUT2D eigenvalue weighted by atomic mass is 9.83. The number of benzene rings is 3. The van der Waals surface area contributed by atoms with Crippen molar-refractivity contribution in [3.63, 3.8) is 0 Å². The second-order valence-corrected chi connectivity index (χ2v) is 8.21. The SMILES string of the molecule is C[C@H]1S[C@H](c2ccccc2)c2ccccc2[C@@H]1c1ccc(Cl)cc1. The highest BCUT2D eigenvalue weighted by atomic mass is 35.5. The minimum absolute atomic E-state index is 0.404. The van der Waals surface area contributed by atoms with Crippen molar-refractivity contribution in [2.75, 3.05) is 0 Å². The fraction of sp³-hybridized carbons (Fsp3) is 0.182. The lowest BCUT2D eigenvalue weighted by Crippen LogP contribution is -2.23. The molecule has 3 aromatic rings. The summed E-state index contributed by atoms with van der Waals surface area (Å²) in [4.78, 5) is 0. The van der Waals surface area contributed by atoms with Crippen molar-refractivity contribution in [3.05, 3.63) is 106 Å². The Morgan fingerprint density at radius 2 is 1.33 bits per heavy atom. The standard InChI is InChI=1S/C22H19ClS/c1-15-21(16-11-13-18(23)14-12-16)19-9-5-6-10-20(19)22(24-15)17-7-3-2-4-8-17/h2-15,21-22H,1H3/t15-,21+,22-/m1/s1. The molecule has 0 spiro atoms. The van der Waals surface area contributed by atoms with Gasteiger partial charge in [0.2, 0.25) is 0 Å². The van der Waals surface area contributed by atoms with Crippen molar-refractivity contribution < 1.29 is 0 Å². The molecular formula is C22H19ClS. The van der Waals surface area contributed by atoms with Gasteiger partial charge < -0.3 is 0 Å². The number of halogens is 1. The lowest BCUT2D eigenvalue weighted by molar-refractivity contribution is 0.762. The Labute approximate surface area is 152 Å². The van der Waals surface area contributed by atoms with Gasteiger partial charge in [0.25, 0.3) is 0 Å². The van der Waals surface area contributed by atoms with E-state index in [9.17, 15) is 0 Å². The van der Waals surface area contributed by atoms with Gasteiger partial charge in [0.15, 0.2) is 0 Å². The van der Waals surface area contributed by atoms with Gasteiger partial charge in [-0.3, -0.25) is 0 Å². The number of fused-ring (bicyclic) bond motifs is 1. The Hall–Kier alpha value is -1.70. The second-order valence-electron chi connectivity index (χ2n) is 6.29. The monoisotopic (exact) mass is 350 g/mol. The summed E-state index contributed by atoms with van der Waals surface area (Å²) in [6.07, 6.45) is 0. The van der Waals surface area contributed by atoms with Gasteiger partial charge >= 0.3 is 0 Å². The predicted molar refractivity (Wildman–Crippen MR) is 105 cm³/mol. The van der Waals surface area contributed by atoms with E-state index in [1.165, 1.54) is 22.3 Å². The van der Waals surface area contributed by atoms with Crippen LogP contribution in [0.1, 0.15) is 40.3 Å². The molecule has 0 N–H and O–H groups in total. The smallest absolute Gasteiger partial charge is 0.0552 e. The van der Waals surface area contributed by atoms with Gasteiger partial charge in [0, 0.05) is 16.2 Å². The largest absolute Gasteiger partial charge is 0.145 e. The molecule has 1 heterocycles. The van der Waals surface area contributed by atoms with Crippen molar-refractivity contribution in [1.29, 1.82) is 0 Å². The third kappa shape index (κ3) is 2.87. The van der Waals surface area contributed by atoms with Crippen LogP contribution in [0.3, 0.4) is 0 Å². The van der Waals surface area contributed by atoms with E-state index in [1.54, 1.807) is 0 Å². The van der Waals surface area contributed by atoms with E-state index < -0.39 is 0 Å². The van der Waals surface area contributed by atoms with Crippen molar-refractivity contribution in [2.45, 2.75) is 23.3 Å². The Kier molecular flexibility index (Phi) is 4.39. The third-order valence-electron chi connectivity index (χ3n) is 4.77. The van der Waals surface area contributed by atoms with E-state index in [2.05, 4.69) is 85.4 Å². The number of thioether (sulfide) groups is 1. The third-order valence-corrected chi connectivity index (χ3v) is 6.52. The first-order valence-corrected chi connectivity index (χ1v) is 9.61. The Bertz CT molecular complexity index is 826. The van der Waals surface area contributed by atoms with Gasteiger partial charge in [-0.25, -0.2) is 0 Å². The van der Waals surface area contributed by atoms with Crippen molar-refractivity contribution in [2.24, 2.45) is 0 Å². The highest BCUT2D eigenvalue weighted by Crippen LogP contribution is 2.51. The van der Waals surface area contributed by atoms with Crippen LogP contribution in [0.4, 0.5) is 0 Å². The van der Waals surface area contributed by atoms with Crippen LogP contribution in [0.2, 0.25) is 5.02 Å². The fourth-order valence-corrected chi connectivity index (χ4v) is 5.35. The minimum atomic E-state index is 0.404. The first kappa shape index (κ1) is 15.8. The molecular weight excluding hydrogens is 332 g/mol. The number of rotatable bonds is 2. The molecule has 0 nitrogen and oxygen atoms in total. The maximum Gasteiger partial charge on any atom is 0.0552 e. The first-order chi connectivity index (χ1) is 11.7. The van der Waals surface area contributed by atoms with Crippen LogP contribution in [0, 0.1) is 0 Å². The Morgan fingerprint density at radius 3 is 2.04 bits per heavy atom. The van der Waals surface area contributed by atoms with E-state index in [1.807, 2.05) is 12.1 Å². The zero-order valence-corrected chi connectivity index (χ0v) is 15.1. The highest BCUT2D eigenvalue weighted by molar-refractivity contribution is 8.00. The van der Waals surface area contributed by atoms with E-state index >= 15 is 0 Å². The van der Waals surface area contributed by atoms with Gasteiger partial charge in [-0.05, 0) is 34.4 Å². The average Bonchev–Trinajstić information content (AvgIpc) is 2.63. The first-order valence-electron chi connectivity index (χ1n) is 8.29. The molecule has 0 saturated heterocycles. The van der Waals surface area contributed by atoms with Gasteiger partial charge in [0.05, 0.1) is 5.25 Å². The van der Waals surface area contributed by atoms with Crippen LogP contribution < -0.4 is 0 Å². The van der Waals surface area contributed by atoms with E-state index in [0.717, 1.165) is 5.02 Å². The molecule has 3 aromatic carbocycles. The van der Waals surface area contributed by atoms with Crippen molar-refractivity contribution >= 4 is 23.4 Å². The molecule has 0 aliphatic carbocycles. The zero-order chi connectivity index (χ0) is 16.5. The normalized spacial score (nSPS) is 22.8. The van der Waals surface area contributed by atoms with Crippen molar-refractivity contribution in [3.8, 4) is 0 Å². The summed E-state index contributed by atoms with van der Waals surface area (Å²) in [7, 11) is 0. The van der Waals surface area contributed by atoms with Crippen LogP contribution in [-0.2, 0) is 0 Å². The van der Waals surface area contributed by atoms with E-state index in [4.69, 9.17) is 11.6 Å². The van der Waals surface area contributed by atoms with Crippen LogP contribution in [0.15, 0.2) is 78.9 Å². The highest BCUT2D eigenvalue weighted by Gasteiger charge is 2.34. The Morgan fingerprint density at radius 1 is 0.708 bits per heavy atom. The summed E-state index contributed by atoms with van der Waals surface area (Å²) in [6, 6.07) is 28.1. The van der Waals surface area contributed by atoms with Gasteiger partial charge in [0.1, 0.15) is 0 Å². The van der Waals surface area contributed by atoms with Crippen LogP contribution in [0.25, 0.3) is 0 Å². The topological polar surface area (TPSA) is 0 Å². The molecule has 0 saturated carbocycles. The lowest BCUT2D eigenvalue weighted by Gasteiger charge is -2.36. The maximum atomic E-state index is 6.09. The molecule has 24 heavy (non-hydrogen) atoms. The van der Waals surface area contributed by atoms with Crippen molar-refractivity contribution in [1.82, 2.24) is 0 Å². The average molecular weight is 351 g/mol. The fourth-order valence-electron chi connectivity index (χ4n) is 3.66. The molecule has 120 valence electrons. The molecule has 0 aromatic heterocycles. The van der Waals surface area contributed by atoms with Crippen LogP contribution >= 0.6 is 23.4 Å². The number of hydrogen-bond acceptors (Lipinski definition) is 1. The van der Waals surface area contributed by atoms with Crippen LogP contribution in [0.5, 0.6) is 0 Å². The molecule has 0 amide bonds. The zero-order valence-electron chi connectivity index (χ0n) is 13.5. The molecule has 1 aliphatic heterocycles. The predicted octanol–water partition coefficient (Wildman–Crippen LogP) is 6.70. The number of hydrogen-bond donors (Lipinski definition) is 0. The molecule has 3 atom stereocenters. The van der Waals surface area contributed by atoms with Crippen LogP contribution in [-0.4, -0.2) is 5.25 Å². The molecule has 2 heteroatoms. The summed E-state index contributed by atoms with van der Waals surface area (Å²) < 4.78 is 0. The minimum Gasteiger partial charge on any atom is -0.145 e. The van der Waals surface area contributed by atoms with E-state index in [-0.39, 0.29) is 0 Å². The molecule has 1 aliphatic rings. The van der Waals surface area contributed by atoms with Gasteiger partial charge in [-0.1, -0.05) is 85.3 Å². The quantitative estimate of drug-likeness (QED) is 0.495. The summed E-state index contributed by atoms with van der Waals surface area (Å²) in [6.45, 7) is 2.34. The molecule has 0 bridgehead atoms.